The van der Waals surface area contributed by atoms with Crippen LogP contribution < -0.4 is 5.32 Å². The molecular formula is C18H15N5OS2. The number of aromatic nitrogens is 4. The Hall–Kier alpha value is -2.71. The van der Waals surface area contributed by atoms with Crippen LogP contribution in [0.1, 0.15) is 21.5 Å². The minimum atomic E-state index is -0.157. The van der Waals surface area contributed by atoms with E-state index in [1.165, 1.54) is 23.2 Å². The Morgan fingerprint density at radius 3 is 2.85 bits per heavy atom. The Morgan fingerprint density at radius 2 is 2.08 bits per heavy atom. The lowest BCUT2D eigenvalue weighted by atomic mass is 10.1. The van der Waals surface area contributed by atoms with Crippen molar-refractivity contribution in [2.24, 2.45) is 0 Å². The largest absolute Gasteiger partial charge is 0.298 e. The predicted molar refractivity (Wildman–Crippen MR) is 105 cm³/mol. The topological polar surface area (TPSA) is 83.6 Å². The van der Waals surface area contributed by atoms with Crippen molar-refractivity contribution in [2.75, 3.05) is 5.32 Å². The van der Waals surface area contributed by atoms with Crippen LogP contribution in [0.5, 0.6) is 0 Å². The molecule has 0 unspecified atom stereocenters. The zero-order valence-corrected chi connectivity index (χ0v) is 15.5. The molecule has 4 rings (SSSR count). The van der Waals surface area contributed by atoms with Gasteiger partial charge in [0.2, 0.25) is 0 Å². The van der Waals surface area contributed by atoms with Gasteiger partial charge in [-0.2, -0.15) is 5.10 Å². The smallest absolute Gasteiger partial charge is 0.257 e. The molecule has 0 fully saturated rings. The lowest BCUT2D eigenvalue weighted by Crippen LogP contribution is -2.11. The Balaban J connectivity index is 1.42. The molecule has 2 aromatic heterocycles. The van der Waals surface area contributed by atoms with Gasteiger partial charge in [-0.25, -0.2) is 9.97 Å². The fourth-order valence-electron chi connectivity index (χ4n) is 2.42. The summed E-state index contributed by atoms with van der Waals surface area (Å²) in [5.41, 5.74) is 3.79. The number of aromatic amines is 1. The normalized spacial score (nSPS) is 11.0. The van der Waals surface area contributed by atoms with Crippen LogP contribution in [0.3, 0.4) is 0 Å². The number of anilines is 1. The van der Waals surface area contributed by atoms with Gasteiger partial charge in [-0.05, 0) is 42.3 Å². The highest BCUT2D eigenvalue weighted by atomic mass is 32.2. The lowest BCUT2D eigenvalue weighted by Gasteiger charge is -2.03. The number of thioether (sulfide) groups is 1. The van der Waals surface area contributed by atoms with Gasteiger partial charge in [0, 0.05) is 11.3 Å². The summed E-state index contributed by atoms with van der Waals surface area (Å²) < 4.78 is 1.07. The Bertz CT molecular complexity index is 1040. The van der Waals surface area contributed by atoms with Gasteiger partial charge in [0.1, 0.15) is 6.33 Å². The number of amides is 1. The molecule has 2 N–H and O–H groups in total. The van der Waals surface area contributed by atoms with Crippen molar-refractivity contribution < 1.29 is 4.79 Å². The number of H-pyrrole nitrogens is 1. The van der Waals surface area contributed by atoms with Crippen molar-refractivity contribution >= 4 is 44.4 Å². The molecule has 0 saturated heterocycles. The summed E-state index contributed by atoms with van der Waals surface area (Å²) in [5.74, 6) is 0.601. The van der Waals surface area contributed by atoms with Crippen LogP contribution in [0.2, 0.25) is 0 Å². The molecular weight excluding hydrogens is 366 g/mol. The van der Waals surface area contributed by atoms with Gasteiger partial charge in [-0.15, -0.1) is 0 Å². The molecule has 0 atom stereocenters. The molecule has 1 amide bonds. The van der Waals surface area contributed by atoms with Gasteiger partial charge in [0.15, 0.2) is 10.3 Å². The summed E-state index contributed by atoms with van der Waals surface area (Å²) in [7, 11) is 0. The Labute approximate surface area is 158 Å². The van der Waals surface area contributed by atoms with Crippen LogP contribution in [0, 0.1) is 6.92 Å². The molecule has 0 aliphatic rings. The van der Waals surface area contributed by atoms with Gasteiger partial charge in [-0.3, -0.25) is 15.2 Å². The van der Waals surface area contributed by atoms with Crippen molar-refractivity contribution in [3.63, 3.8) is 0 Å². The molecule has 0 radical (unpaired) electrons. The molecule has 8 heteroatoms. The quantitative estimate of drug-likeness (QED) is 0.505. The van der Waals surface area contributed by atoms with Crippen molar-refractivity contribution in [1.82, 2.24) is 20.2 Å². The summed E-state index contributed by atoms with van der Waals surface area (Å²) in [6.45, 7) is 2.04. The monoisotopic (exact) mass is 381 g/mol. The number of thiazole rings is 1. The van der Waals surface area contributed by atoms with E-state index in [1.54, 1.807) is 11.8 Å². The first-order valence-electron chi connectivity index (χ1n) is 7.93. The van der Waals surface area contributed by atoms with Gasteiger partial charge in [-0.1, -0.05) is 41.3 Å². The number of carbonyl (C=O) groups is 1. The summed E-state index contributed by atoms with van der Waals surface area (Å²) in [4.78, 5) is 21.0. The third-order valence-electron chi connectivity index (χ3n) is 3.75. The van der Waals surface area contributed by atoms with E-state index in [0.29, 0.717) is 10.7 Å². The first-order valence-corrected chi connectivity index (χ1v) is 9.73. The molecule has 0 saturated carbocycles. The fraction of sp³-hybridized carbons (Fsp3) is 0.111. The summed E-state index contributed by atoms with van der Waals surface area (Å²) >= 11 is 3.04. The summed E-state index contributed by atoms with van der Waals surface area (Å²) in [5, 5.41) is 10.9. The number of nitrogens with zero attached hydrogens (tertiary/aromatic N) is 3. The standard InChI is InChI=1S/C18H15N5OS2/c1-11-2-7-14-15(8-11)26-18(21-14)22-16(24)13-5-3-12(4-6-13)9-25-17-19-10-20-23-17/h2-8,10H,9H2,1H3,(H,19,20,23)(H,21,22,24). The van der Waals surface area contributed by atoms with Crippen molar-refractivity contribution in [3.8, 4) is 0 Å². The SMILES string of the molecule is Cc1ccc2nc(NC(=O)c3ccc(CSc4ncn[nH]4)cc3)sc2c1. The summed E-state index contributed by atoms with van der Waals surface area (Å²) in [6, 6.07) is 13.6. The zero-order chi connectivity index (χ0) is 17.9. The molecule has 2 heterocycles. The molecule has 0 aliphatic carbocycles. The second-order valence-corrected chi connectivity index (χ2v) is 7.72. The molecule has 130 valence electrons. The van der Waals surface area contributed by atoms with E-state index in [0.717, 1.165) is 26.7 Å². The highest BCUT2D eigenvalue weighted by Gasteiger charge is 2.10. The summed E-state index contributed by atoms with van der Waals surface area (Å²) in [6.07, 6.45) is 1.49. The van der Waals surface area contributed by atoms with Crippen LogP contribution >= 0.6 is 23.1 Å². The molecule has 0 aliphatic heterocycles. The minimum absolute atomic E-state index is 0.157. The number of fused-ring (bicyclic) bond motifs is 1. The number of aryl methyl sites for hydroxylation is 1. The molecule has 6 nitrogen and oxygen atoms in total. The maximum Gasteiger partial charge on any atom is 0.257 e. The van der Waals surface area contributed by atoms with Gasteiger partial charge >= 0.3 is 0 Å². The third-order valence-corrected chi connectivity index (χ3v) is 5.63. The second-order valence-electron chi connectivity index (χ2n) is 5.72. The van der Waals surface area contributed by atoms with E-state index >= 15 is 0 Å². The number of carbonyl (C=O) groups excluding carboxylic acids is 1. The number of rotatable bonds is 5. The van der Waals surface area contributed by atoms with E-state index in [4.69, 9.17) is 0 Å². The number of nitrogens with one attached hydrogen (secondary N) is 2. The van der Waals surface area contributed by atoms with Gasteiger partial charge in [0.05, 0.1) is 10.2 Å². The Kier molecular flexibility index (Phi) is 4.68. The van der Waals surface area contributed by atoms with Crippen molar-refractivity contribution in [2.45, 2.75) is 17.8 Å². The van der Waals surface area contributed by atoms with Gasteiger partial charge in [0.25, 0.3) is 5.91 Å². The van der Waals surface area contributed by atoms with Crippen LogP contribution in [-0.2, 0) is 5.75 Å². The zero-order valence-electron chi connectivity index (χ0n) is 13.9. The lowest BCUT2D eigenvalue weighted by molar-refractivity contribution is 0.102. The molecule has 26 heavy (non-hydrogen) atoms. The van der Waals surface area contributed by atoms with Crippen LogP contribution in [0.25, 0.3) is 10.2 Å². The minimum Gasteiger partial charge on any atom is -0.298 e. The molecule has 2 aromatic carbocycles. The van der Waals surface area contributed by atoms with Crippen LogP contribution in [0.4, 0.5) is 5.13 Å². The number of hydrogen-bond donors (Lipinski definition) is 2. The average molecular weight is 381 g/mol. The van der Waals surface area contributed by atoms with E-state index in [9.17, 15) is 4.79 Å². The van der Waals surface area contributed by atoms with Gasteiger partial charge < -0.3 is 0 Å². The van der Waals surface area contributed by atoms with E-state index < -0.39 is 0 Å². The van der Waals surface area contributed by atoms with E-state index in [1.807, 2.05) is 43.3 Å². The van der Waals surface area contributed by atoms with E-state index in [2.05, 4.69) is 31.5 Å². The second kappa shape index (κ2) is 7.27. The maximum absolute atomic E-state index is 12.4. The van der Waals surface area contributed by atoms with Crippen LogP contribution in [-0.4, -0.2) is 26.1 Å². The Morgan fingerprint density at radius 1 is 1.23 bits per heavy atom. The van der Waals surface area contributed by atoms with Crippen molar-refractivity contribution in [3.05, 3.63) is 65.5 Å². The highest BCUT2D eigenvalue weighted by Crippen LogP contribution is 2.27. The fourth-order valence-corrected chi connectivity index (χ4v) is 4.12. The highest BCUT2D eigenvalue weighted by molar-refractivity contribution is 7.98. The average Bonchev–Trinajstić information content (AvgIpc) is 3.29. The third kappa shape index (κ3) is 3.76. The van der Waals surface area contributed by atoms with Crippen LogP contribution in [0.15, 0.2) is 53.9 Å². The number of hydrogen-bond acceptors (Lipinski definition) is 6. The maximum atomic E-state index is 12.4. The van der Waals surface area contributed by atoms with Crippen molar-refractivity contribution in [1.29, 1.82) is 0 Å². The number of benzene rings is 2. The molecule has 0 bridgehead atoms. The van der Waals surface area contributed by atoms with E-state index in [-0.39, 0.29) is 5.91 Å². The molecule has 4 aromatic rings. The predicted octanol–water partition coefficient (Wildman–Crippen LogP) is 4.27. The molecule has 0 spiro atoms. The first-order chi connectivity index (χ1) is 12.7. The first kappa shape index (κ1) is 16.7.